The highest BCUT2D eigenvalue weighted by molar-refractivity contribution is 5.91. The molecular formula is C12H19N5O. The number of amides is 1. The molecule has 3 N–H and O–H groups in total. The highest BCUT2D eigenvalue weighted by Gasteiger charge is 2.14. The Bertz CT molecular complexity index is 397. The predicted octanol–water partition coefficient (Wildman–Crippen LogP) is -0.269. The van der Waals surface area contributed by atoms with Crippen LogP contribution in [0.3, 0.4) is 0 Å². The third kappa shape index (κ3) is 3.18. The van der Waals surface area contributed by atoms with Crippen molar-refractivity contribution in [3.63, 3.8) is 0 Å². The van der Waals surface area contributed by atoms with Gasteiger partial charge in [-0.15, -0.1) is 0 Å². The summed E-state index contributed by atoms with van der Waals surface area (Å²) in [5, 5.41) is 2.68. The number of carbonyl (C=O) groups excluding carboxylic acids is 1. The molecule has 2 heterocycles. The first-order valence-electron chi connectivity index (χ1n) is 6.08. The van der Waals surface area contributed by atoms with Gasteiger partial charge in [0.05, 0.1) is 18.4 Å². The van der Waals surface area contributed by atoms with Gasteiger partial charge in [0, 0.05) is 26.2 Å². The zero-order valence-corrected chi connectivity index (χ0v) is 10.6. The number of rotatable bonds is 3. The number of hydrogen-bond acceptors (Lipinski definition) is 5. The zero-order valence-electron chi connectivity index (χ0n) is 10.6. The van der Waals surface area contributed by atoms with Crippen LogP contribution in [0.25, 0.3) is 0 Å². The number of carbonyl (C=O) groups is 1. The Morgan fingerprint density at radius 1 is 1.39 bits per heavy atom. The van der Waals surface area contributed by atoms with E-state index in [9.17, 15) is 4.79 Å². The van der Waals surface area contributed by atoms with E-state index < -0.39 is 0 Å². The van der Waals surface area contributed by atoms with Crippen molar-refractivity contribution in [2.45, 2.75) is 0 Å². The van der Waals surface area contributed by atoms with Crippen LogP contribution >= 0.6 is 0 Å². The summed E-state index contributed by atoms with van der Waals surface area (Å²) >= 11 is 0. The van der Waals surface area contributed by atoms with Gasteiger partial charge in [0.1, 0.15) is 5.82 Å². The maximum absolute atomic E-state index is 11.1. The Balaban J connectivity index is 1.97. The molecule has 6 nitrogen and oxygen atoms in total. The van der Waals surface area contributed by atoms with Crippen molar-refractivity contribution in [2.24, 2.45) is 5.73 Å². The molecule has 0 aliphatic carbocycles. The van der Waals surface area contributed by atoms with Gasteiger partial charge < -0.3 is 20.9 Å². The van der Waals surface area contributed by atoms with E-state index in [-0.39, 0.29) is 12.5 Å². The van der Waals surface area contributed by atoms with E-state index in [2.05, 4.69) is 27.1 Å². The number of piperazine rings is 1. The normalized spacial score (nSPS) is 16.7. The van der Waals surface area contributed by atoms with E-state index in [0.29, 0.717) is 5.69 Å². The van der Waals surface area contributed by atoms with Crippen molar-refractivity contribution in [3.05, 3.63) is 18.3 Å². The van der Waals surface area contributed by atoms with Crippen LogP contribution in [0.2, 0.25) is 0 Å². The minimum atomic E-state index is -0.204. The van der Waals surface area contributed by atoms with Gasteiger partial charge in [0.15, 0.2) is 0 Å². The molecule has 0 radical (unpaired) electrons. The molecule has 1 aliphatic heterocycles. The lowest BCUT2D eigenvalue weighted by Gasteiger charge is -2.33. The molecule has 6 heteroatoms. The molecule has 0 spiro atoms. The van der Waals surface area contributed by atoms with Gasteiger partial charge in [-0.2, -0.15) is 0 Å². The van der Waals surface area contributed by atoms with E-state index in [0.717, 1.165) is 32.0 Å². The number of anilines is 2. The number of nitrogens with two attached hydrogens (primary N) is 1. The van der Waals surface area contributed by atoms with Crippen molar-refractivity contribution in [1.82, 2.24) is 9.88 Å². The maximum atomic E-state index is 11.1. The fraction of sp³-hybridized carbons (Fsp3) is 0.500. The first-order valence-corrected chi connectivity index (χ1v) is 6.08. The Hall–Kier alpha value is -1.66. The molecule has 1 aromatic heterocycles. The molecule has 98 valence electrons. The predicted molar refractivity (Wildman–Crippen MR) is 71.6 cm³/mol. The summed E-state index contributed by atoms with van der Waals surface area (Å²) in [5.41, 5.74) is 5.92. The van der Waals surface area contributed by atoms with Crippen molar-refractivity contribution >= 4 is 17.4 Å². The quantitative estimate of drug-likeness (QED) is 0.771. The topological polar surface area (TPSA) is 74.5 Å². The second-order valence-corrected chi connectivity index (χ2v) is 4.45. The first-order chi connectivity index (χ1) is 8.69. The first kappa shape index (κ1) is 12.8. The molecule has 1 saturated heterocycles. The number of pyridine rings is 1. The number of likely N-dealkylation sites (N-methyl/N-ethyl adjacent to an activating group) is 1. The summed E-state index contributed by atoms with van der Waals surface area (Å²) in [6.07, 6.45) is 1.67. The summed E-state index contributed by atoms with van der Waals surface area (Å²) in [7, 11) is 2.12. The van der Waals surface area contributed by atoms with Crippen molar-refractivity contribution < 1.29 is 4.79 Å². The highest BCUT2D eigenvalue weighted by Crippen LogP contribution is 2.15. The Morgan fingerprint density at radius 2 is 2.11 bits per heavy atom. The lowest BCUT2D eigenvalue weighted by Crippen LogP contribution is -2.44. The molecular weight excluding hydrogens is 230 g/mol. The van der Waals surface area contributed by atoms with E-state index in [1.807, 2.05) is 12.1 Å². The van der Waals surface area contributed by atoms with Crippen molar-refractivity contribution in [1.29, 1.82) is 0 Å². The van der Waals surface area contributed by atoms with E-state index in [1.54, 1.807) is 6.20 Å². The SMILES string of the molecule is CN1CCN(c2ccc(NC(=O)CN)cn2)CC1. The second-order valence-electron chi connectivity index (χ2n) is 4.45. The second kappa shape index (κ2) is 5.79. The number of aromatic nitrogens is 1. The average Bonchev–Trinajstić information content (AvgIpc) is 2.40. The third-order valence-electron chi connectivity index (χ3n) is 3.04. The average molecular weight is 249 g/mol. The Labute approximate surface area is 107 Å². The van der Waals surface area contributed by atoms with Gasteiger partial charge in [-0.05, 0) is 19.2 Å². The standard InChI is InChI=1S/C12H19N5O/c1-16-4-6-17(7-5-16)11-3-2-10(9-14-11)15-12(18)8-13/h2-3,9H,4-8,13H2,1H3,(H,15,18). The highest BCUT2D eigenvalue weighted by atomic mass is 16.1. The summed E-state index contributed by atoms with van der Waals surface area (Å²) in [4.78, 5) is 20.0. The number of hydrogen-bond donors (Lipinski definition) is 2. The van der Waals surface area contributed by atoms with Crippen LogP contribution in [0.4, 0.5) is 11.5 Å². The Morgan fingerprint density at radius 3 is 2.67 bits per heavy atom. The van der Waals surface area contributed by atoms with E-state index in [4.69, 9.17) is 5.73 Å². The largest absolute Gasteiger partial charge is 0.354 e. The van der Waals surface area contributed by atoms with Gasteiger partial charge >= 0.3 is 0 Å². The molecule has 2 rings (SSSR count). The summed E-state index contributed by atoms with van der Waals surface area (Å²) < 4.78 is 0. The van der Waals surface area contributed by atoms with E-state index in [1.165, 1.54) is 0 Å². The van der Waals surface area contributed by atoms with Gasteiger partial charge in [0.25, 0.3) is 0 Å². The van der Waals surface area contributed by atoms with Crippen molar-refractivity contribution in [3.8, 4) is 0 Å². The summed E-state index contributed by atoms with van der Waals surface area (Å²) in [6.45, 7) is 4.05. The molecule has 0 unspecified atom stereocenters. The van der Waals surface area contributed by atoms with Crippen LogP contribution in [0.5, 0.6) is 0 Å². The molecule has 18 heavy (non-hydrogen) atoms. The molecule has 0 atom stereocenters. The van der Waals surface area contributed by atoms with E-state index >= 15 is 0 Å². The molecule has 0 saturated carbocycles. The van der Waals surface area contributed by atoms with Crippen LogP contribution in [0.1, 0.15) is 0 Å². The molecule has 1 aliphatic rings. The molecule has 0 bridgehead atoms. The van der Waals surface area contributed by atoms with Crippen LogP contribution in [0.15, 0.2) is 18.3 Å². The molecule has 1 fully saturated rings. The lowest BCUT2D eigenvalue weighted by atomic mass is 10.3. The third-order valence-corrected chi connectivity index (χ3v) is 3.04. The van der Waals surface area contributed by atoms with Crippen LogP contribution in [-0.2, 0) is 4.79 Å². The minimum absolute atomic E-state index is 0.0137. The van der Waals surface area contributed by atoms with Gasteiger partial charge in [0.2, 0.25) is 5.91 Å². The molecule has 0 aromatic carbocycles. The lowest BCUT2D eigenvalue weighted by molar-refractivity contribution is -0.114. The van der Waals surface area contributed by atoms with Gasteiger partial charge in [-0.25, -0.2) is 4.98 Å². The minimum Gasteiger partial charge on any atom is -0.354 e. The van der Waals surface area contributed by atoms with Crippen molar-refractivity contribution in [2.75, 3.05) is 50.0 Å². The molecule has 1 amide bonds. The fourth-order valence-corrected chi connectivity index (χ4v) is 1.89. The Kier molecular flexibility index (Phi) is 4.11. The maximum Gasteiger partial charge on any atom is 0.238 e. The summed E-state index contributed by atoms with van der Waals surface area (Å²) in [6, 6.07) is 3.78. The van der Waals surface area contributed by atoms with Crippen LogP contribution in [-0.4, -0.2) is 55.6 Å². The fourth-order valence-electron chi connectivity index (χ4n) is 1.89. The number of nitrogens with one attached hydrogen (secondary N) is 1. The molecule has 1 aromatic rings. The zero-order chi connectivity index (χ0) is 13.0. The number of nitrogens with zero attached hydrogens (tertiary/aromatic N) is 3. The van der Waals surface area contributed by atoms with Crippen LogP contribution < -0.4 is 16.0 Å². The monoisotopic (exact) mass is 249 g/mol. The summed E-state index contributed by atoms with van der Waals surface area (Å²) in [5.74, 6) is 0.748. The van der Waals surface area contributed by atoms with Gasteiger partial charge in [-0.3, -0.25) is 4.79 Å². The van der Waals surface area contributed by atoms with Crippen LogP contribution in [0, 0.1) is 0 Å². The smallest absolute Gasteiger partial charge is 0.238 e. The van der Waals surface area contributed by atoms with Gasteiger partial charge in [-0.1, -0.05) is 0 Å².